The number of benzene rings is 1. The number of nitrogens with one attached hydrogen (secondary N) is 2. The second kappa shape index (κ2) is 18.3. The van der Waals surface area contributed by atoms with E-state index in [4.69, 9.17) is 18.3 Å². The van der Waals surface area contributed by atoms with Crippen LogP contribution in [0.1, 0.15) is 46.0 Å². The summed E-state index contributed by atoms with van der Waals surface area (Å²) < 4.78 is 35.0. The fourth-order valence-corrected chi connectivity index (χ4v) is 6.21. The number of ether oxygens (including phenoxy) is 1. The Morgan fingerprint density at radius 3 is 2.33 bits per heavy atom. The zero-order valence-corrected chi connectivity index (χ0v) is 28.7. The Balaban J connectivity index is 1.60. The predicted molar refractivity (Wildman–Crippen MR) is 170 cm³/mol. The number of rotatable bonds is 19. The van der Waals surface area contributed by atoms with E-state index in [1.54, 1.807) is 44.2 Å². The average molecular weight is 687 g/mol. The third-order valence-corrected chi connectivity index (χ3v) is 8.67. The number of Topliss-reactive ketones (excluding diaryl/α,β-unsaturated/α-hetero) is 2. The van der Waals surface area contributed by atoms with E-state index in [0.29, 0.717) is 11.0 Å². The molecule has 1 aromatic carbocycles. The number of ketones is 2. The van der Waals surface area contributed by atoms with E-state index in [9.17, 15) is 33.3 Å². The lowest BCUT2D eigenvalue weighted by atomic mass is 9.87. The molecule has 46 heavy (non-hydrogen) atoms. The molecular formula is C30H45N3O11PS+. The SMILES string of the molecule is CC1(C)COP(=O)(Oc2ccccc2)O[C@H]1C(=O)NCCC(=O)NCCSC(=O)CC(=O)CC(=O)CCC(=O)OCC[N+](C)(C)C. The Hall–Kier alpha value is -3.10. The second-order valence-corrected chi connectivity index (χ2v) is 15.1. The fourth-order valence-electron chi connectivity index (χ4n) is 3.85. The van der Waals surface area contributed by atoms with Crippen molar-refractivity contribution in [1.29, 1.82) is 0 Å². The van der Waals surface area contributed by atoms with Gasteiger partial charge in [0, 0.05) is 37.1 Å². The third kappa shape index (κ3) is 15.5. The lowest BCUT2D eigenvalue weighted by Gasteiger charge is -2.39. The Morgan fingerprint density at radius 1 is 0.957 bits per heavy atom. The zero-order chi connectivity index (χ0) is 34.4. The molecule has 1 unspecified atom stereocenters. The highest BCUT2D eigenvalue weighted by Crippen LogP contribution is 2.56. The summed E-state index contributed by atoms with van der Waals surface area (Å²) in [6, 6.07) is 8.29. The van der Waals surface area contributed by atoms with Gasteiger partial charge in [-0.3, -0.25) is 37.8 Å². The molecule has 1 aliphatic heterocycles. The molecule has 2 amide bonds. The van der Waals surface area contributed by atoms with Gasteiger partial charge in [-0.2, -0.15) is 0 Å². The van der Waals surface area contributed by atoms with E-state index in [-0.39, 0.29) is 63.0 Å². The van der Waals surface area contributed by atoms with Crippen molar-refractivity contribution in [2.75, 3.05) is 59.7 Å². The van der Waals surface area contributed by atoms with Gasteiger partial charge in [0.25, 0.3) is 5.91 Å². The molecule has 0 saturated carbocycles. The molecule has 0 radical (unpaired) electrons. The number of phosphoric ester groups is 1. The monoisotopic (exact) mass is 686 g/mol. The van der Waals surface area contributed by atoms with Crippen LogP contribution in [0, 0.1) is 5.41 Å². The van der Waals surface area contributed by atoms with Gasteiger partial charge in [-0.05, 0) is 12.1 Å². The minimum atomic E-state index is -4.06. The van der Waals surface area contributed by atoms with Crippen LogP contribution in [0.25, 0.3) is 0 Å². The van der Waals surface area contributed by atoms with Gasteiger partial charge < -0.3 is 24.4 Å². The zero-order valence-electron chi connectivity index (χ0n) is 27.0. The molecule has 0 bridgehead atoms. The van der Waals surface area contributed by atoms with Crippen molar-refractivity contribution in [3.63, 3.8) is 0 Å². The highest BCUT2D eigenvalue weighted by Gasteiger charge is 2.49. The number of nitrogens with zero attached hydrogens (tertiary/aromatic N) is 1. The fraction of sp³-hybridized carbons (Fsp3) is 0.600. The van der Waals surface area contributed by atoms with E-state index in [1.165, 1.54) is 0 Å². The van der Waals surface area contributed by atoms with Crippen molar-refractivity contribution in [3.8, 4) is 5.75 Å². The van der Waals surface area contributed by atoms with Gasteiger partial charge in [-0.1, -0.05) is 43.8 Å². The number of para-hydroxylation sites is 1. The summed E-state index contributed by atoms with van der Waals surface area (Å²) in [6.45, 7) is 4.37. The van der Waals surface area contributed by atoms with Gasteiger partial charge in [-0.25, -0.2) is 4.57 Å². The van der Waals surface area contributed by atoms with Gasteiger partial charge >= 0.3 is 13.8 Å². The number of esters is 1. The minimum absolute atomic E-state index is 0.0200. The van der Waals surface area contributed by atoms with E-state index in [0.717, 1.165) is 11.8 Å². The van der Waals surface area contributed by atoms with Crippen LogP contribution in [0.5, 0.6) is 5.75 Å². The number of hydrogen-bond donors (Lipinski definition) is 2. The normalized spacial score (nSPS) is 19.0. The molecule has 1 aliphatic rings. The molecule has 14 nitrogen and oxygen atoms in total. The summed E-state index contributed by atoms with van der Waals surface area (Å²) in [7, 11) is 1.82. The van der Waals surface area contributed by atoms with Crippen molar-refractivity contribution in [3.05, 3.63) is 30.3 Å². The molecular weight excluding hydrogens is 641 g/mol. The predicted octanol–water partition coefficient (Wildman–Crippen LogP) is 2.45. The van der Waals surface area contributed by atoms with Crippen molar-refractivity contribution < 1.29 is 56.1 Å². The summed E-state index contributed by atoms with van der Waals surface area (Å²) in [4.78, 5) is 72.9. The molecule has 16 heteroatoms. The second-order valence-electron chi connectivity index (χ2n) is 12.4. The van der Waals surface area contributed by atoms with Crippen molar-refractivity contribution >= 4 is 54.1 Å². The van der Waals surface area contributed by atoms with Crippen LogP contribution in [0.4, 0.5) is 0 Å². The molecule has 0 aromatic heterocycles. The highest BCUT2D eigenvalue weighted by molar-refractivity contribution is 8.13. The van der Waals surface area contributed by atoms with Crippen LogP contribution >= 0.6 is 19.6 Å². The third-order valence-electron chi connectivity index (χ3n) is 6.45. The summed E-state index contributed by atoms with van der Waals surface area (Å²) in [6.07, 6.45) is -2.34. The molecule has 0 aliphatic carbocycles. The van der Waals surface area contributed by atoms with Gasteiger partial charge in [0.15, 0.2) is 11.2 Å². The molecule has 1 heterocycles. The van der Waals surface area contributed by atoms with E-state index < -0.39 is 60.7 Å². The Morgan fingerprint density at radius 2 is 1.65 bits per heavy atom. The Labute approximate surface area is 273 Å². The average Bonchev–Trinajstić information content (AvgIpc) is 2.95. The topological polar surface area (TPSA) is 180 Å². The molecule has 256 valence electrons. The van der Waals surface area contributed by atoms with Crippen LogP contribution in [0.2, 0.25) is 0 Å². The first-order valence-electron chi connectivity index (χ1n) is 14.9. The van der Waals surface area contributed by atoms with Crippen molar-refractivity contribution in [1.82, 2.24) is 10.6 Å². The molecule has 1 saturated heterocycles. The number of carbonyl (C=O) groups is 6. The standard InChI is InChI=1S/C30H44N3O11PS/c1-30(2)21-42-45(40,43-24-9-7-6-8-10-24)44-28(30)29(39)32-14-13-25(36)31-15-18-46-27(38)20-23(35)19-22(34)11-12-26(37)41-17-16-33(3,4)5/h6-10,28H,11-21H2,1-5H3,(H-,31,32,36,39)/p+1/t28-,45?/m0/s1. The van der Waals surface area contributed by atoms with E-state index >= 15 is 0 Å². The van der Waals surface area contributed by atoms with Crippen LogP contribution in [0.3, 0.4) is 0 Å². The Kier molecular flexibility index (Phi) is 15.5. The summed E-state index contributed by atoms with van der Waals surface area (Å²) in [5, 5.41) is 4.79. The smallest absolute Gasteiger partial charge is 0.460 e. The number of quaternary nitrogens is 1. The van der Waals surface area contributed by atoms with Crippen LogP contribution < -0.4 is 15.2 Å². The molecule has 2 atom stereocenters. The molecule has 0 spiro atoms. The lowest BCUT2D eigenvalue weighted by Crippen LogP contribution is -2.50. The summed E-state index contributed by atoms with van der Waals surface area (Å²) in [5.41, 5.74) is -0.821. The number of likely N-dealkylation sites (N-methyl/N-ethyl adjacent to an activating group) is 1. The number of thioether (sulfide) groups is 1. The van der Waals surface area contributed by atoms with Crippen LogP contribution in [0.15, 0.2) is 30.3 Å². The van der Waals surface area contributed by atoms with Crippen LogP contribution in [-0.4, -0.2) is 105 Å². The van der Waals surface area contributed by atoms with Crippen LogP contribution in [-0.2, 0) is 47.1 Å². The van der Waals surface area contributed by atoms with Crippen molar-refractivity contribution in [2.24, 2.45) is 5.41 Å². The molecule has 2 N–H and O–H groups in total. The maximum absolute atomic E-state index is 13.0. The quantitative estimate of drug-likeness (QED) is 0.0715. The largest absolute Gasteiger partial charge is 0.530 e. The first-order chi connectivity index (χ1) is 21.5. The number of carbonyl (C=O) groups excluding carboxylic acids is 6. The maximum Gasteiger partial charge on any atom is 0.530 e. The minimum Gasteiger partial charge on any atom is -0.460 e. The number of phosphoric acid groups is 1. The van der Waals surface area contributed by atoms with E-state index in [1.807, 2.05) is 21.1 Å². The Bertz CT molecular complexity index is 1280. The van der Waals surface area contributed by atoms with Gasteiger partial charge in [0.1, 0.15) is 30.5 Å². The summed E-state index contributed by atoms with van der Waals surface area (Å²) >= 11 is 0.853. The first-order valence-corrected chi connectivity index (χ1v) is 17.3. The summed E-state index contributed by atoms with van der Waals surface area (Å²) in [5.74, 6) is -1.97. The molecule has 2 rings (SSSR count). The molecule has 1 fully saturated rings. The molecule has 1 aromatic rings. The maximum atomic E-state index is 13.0. The number of hydrogen-bond acceptors (Lipinski definition) is 12. The van der Waals surface area contributed by atoms with Gasteiger partial charge in [-0.15, -0.1) is 0 Å². The van der Waals surface area contributed by atoms with Gasteiger partial charge in [0.2, 0.25) is 5.91 Å². The highest BCUT2D eigenvalue weighted by atomic mass is 32.2. The van der Waals surface area contributed by atoms with Gasteiger partial charge in [0.05, 0.1) is 47.0 Å². The first kappa shape index (κ1) is 39.1. The van der Waals surface area contributed by atoms with E-state index in [2.05, 4.69) is 10.6 Å². The van der Waals surface area contributed by atoms with Crippen molar-refractivity contribution in [2.45, 2.75) is 52.1 Å². The number of amides is 2. The lowest BCUT2D eigenvalue weighted by molar-refractivity contribution is -0.870.